The molecule has 0 aliphatic heterocycles. The van der Waals surface area contributed by atoms with Gasteiger partial charge in [-0.25, -0.2) is 4.83 Å². The zero-order valence-electron chi connectivity index (χ0n) is 14.4. The minimum atomic E-state index is -3.99. The van der Waals surface area contributed by atoms with Crippen LogP contribution in [0.25, 0.3) is 0 Å². The van der Waals surface area contributed by atoms with Gasteiger partial charge in [0.2, 0.25) is 0 Å². The Balaban J connectivity index is 2.29. The number of nitro groups is 1. The molecule has 0 bridgehead atoms. The molecule has 2 aromatic carbocycles. The van der Waals surface area contributed by atoms with Crippen molar-refractivity contribution in [3.05, 3.63) is 68.3 Å². The summed E-state index contributed by atoms with van der Waals surface area (Å²) in [5.41, 5.74) is 4.02. The Morgan fingerprint density at radius 2 is 1.64 bits per heavy atom. The van der Waals surface area contributed by atoms with Gasteiger partial charge in [-0.3, -0.25) is 10.1 Å². The van der Waals surface area contributed by atoms with Crippen LogP contribution in [0.1, 0.15) is 27.8 Å². The van der Waals surface area contributed by atoms with Crippen LogP contribution in [-0.2, 0) is 10.0 Å². The summed E-state index contributed by atoms with van der Waals surface area (Å²) in [6.45, 7) is 7.36. The number of benzene rings is 2. The van der Waals surface area contributed by atoms with Crippen LogP contribution >= 0.6 is 0 Å². The highest BCUT2D eigenvalue weighted by Gasteiger charge is 2.19. The number of nitrogens with zero attached hydrogens (tertiary/aromatic N) is 2. The first-order valence-corrected chi connectivity index (χ1v) is 8.98. The molecule has 0 heterocycles. The summed E-state index contributed by atoms with van der Waals surface area (Å²) in [4.78, 5) is 12.2. The van der Waals surface area contributed by atoms with Crippen LogP contribution in [0.5, 0.6) is 0 Å². The van der Waals surface area contributed by atoms with Crippen LogP contribution in [0.4, 0.5) is 5.69 Å². The van der Waals surface area contributed by atoms with Crippen LogP contribution < -0.4 is 4.83 Å². The third-order valence-electron chi connectivity index (χ3n) is 3.79. The Labute approximate surface area is 146 Å². The highest BCUT2D eigenvalue weighted by atomic mass is 32.2. The number of hydrogen-bond acceptors (Lipinski definition) is 5. The smallest absolute Gasteiger partial charge is 0.258 e. The molecule has 0 radical (unpaired) electrons. The highest BCUT2D eigenvalue weighted by molar-refractivity contribution is 7.89. The fourth-order valence-electron chi connectivity index (χ4n) is 2.56. The van der Waals surface area contributed by atoms with Crippen LogP contribution in [0.3, 0.4) is 0 Å². The van der Waals surface area contributed by atoms with Gasteiger partial charge in [-0.2, -0.15) is 13.5 Å². The quantitative estimate of drug-likeness (QED) is 0.502. The molecule has 0 saturated carbocycles. The van der Waals surface area contributed by atoms with E-state index in [0.717, 1.165) is 28.3 Å². The maximum atomic E-state index is 12.3. The first-order valence-electron chi connectivity index (χ1n) is 7.49. The fourth-order valence-corrected chi connectivity index (χ4v) is 3.37. The van der Waals surface area contributed by atoms with Crippen LogP contribution in [0, 0.1) is 37.8 Å². The van der Waals surface area contributed by atoms with E-state index in [0.29, 0.717) is 5.56 Å². The lowest BCUT2D eigenvalue weighted by Gasteiger charge is -2.07. The zero-order chi connectivity index (χ0) is 18.8. The molecule has 8 heteroatoms. The number of sulfonamides is 1. The summed E-state index contributed by atoms with van der Waals surface area (Å²) in [5, 5.41) is 14.8. The molecule has 25 heavy (non-hydrogen) atoms. The lowest BCUT2D eigenvalue weighted by molar-refractivity contribution is -0.385. The van der Waals surface area contributed by atoms with Crippen LogP contribution in [0.15, 0.2) is 40.3 Å². The van der Waals surface area contributed by atoms with E-state index in [1.54, 1.807) is 6.92 Å². The predicted molar refractivity (Wildman–Crippen MR) is 96.4 cm³/mol. The van der Waals surface area contributed by atoms with Gasteiger partial charge < -0.3 is 0 Å². The summed E-state index contributed by atoms with van der Waals surface area (Å²) < 4.78 is 24.6. The largest absolute Gasteiger partial charge is 0.276 e. The number of hydrazone groups is 1. The molecule has 1 N–H and O–H groups in total. The Bertz CT molecular complexity index is 943. The molecular weight excluding hydrogens is 342 g/mol. The first-order chi connectivity index (χ1) is 11.6. The zero-order valence-corrected chi connectivity index (χ0v) is 15.2. The van der Waals surface area contributed by atoms with E-state index in [2.05, 4.69) is 9.93 Å². The molecule has 132 valence electrons. The number of nitro benzene ring substituents is 1. The molecule has 0 unspecified atom stereocenters. The fraction of sp³-hybridized carbons (Fsp3) is 0.235. The third-order valence-corrected chi connectivity index (χ3v) is 5.01. The first kappa shape index (κ1) is 18.6. The lowest BCUT2D eigenvalue weighted by atomic mass is 10.0. The van der Waals surface area contributed by atoms with Gasteiger partial charge in [0.15, 0.2) is 0 Å². The van der Waals surface area contributed by atoms with Gasteiger partial charge in [0, 0.05) is 17.2 Å². The average molecular weight is 361 g/mol. The molecule has 0 aromatic heterocycles. The van der Waals surface area contributed by atoms with Gasteiger partial charge in [0.25, 0.3) is 15.7 Å². The van der Waals surface area contributed by atoms with Gasteiger partial charge in [0.05, 0.1) is 16.0 Å². The average Bonchev–Trinajstić information content (AvgIpc) is 2.49. The van der Waals surface area contributed by atoms with Crippen molar-refractivity contribution in [2.45, 2.75) is 32.6 Å². The maximum Gasteiger partial charge on any atom is 0.276 e. The maximum absolute atomic E-state index is 12.3. The molecule has 7 nitrogen and oxygen atoms in total. The molecule has 2 rings (SSSR count). The van der Waals surface area contributed by atoms with Crippen LogP contribution in [0.2, 0.25) is 0 Å². The predicted octanol–water partition coefficient (Wildman–Crippen LogP) is 3.14. The number of aryl methyl sites for hydroxylation is 4. The summed E-state index contributed by atoms with van der Waals surface area (Å²) >= 11 is 0. The SMILES string of the molecule is Cc1cc(C)c(/C=N/NS(=O)(=O)c2ccc(C)c([N+](=O)[O-])c2)c(C)c1. The van der Waals surface area contributed by atoms with E-state index < -0.39 is 14.9 Å². The minimum absolute atomic E-state index is 0.209. The van der Waals surface area contributed by atoms with E-state index in [-0.39, 0.29) is 10.6 Å². The van der Waals surface area contributed by atoms with Crippen LogP contribution in [-0.4, -0.2) is 19.6 Å². The second kappa shape index (κ2) is 7.02. The normalized spacial score (nSPS) is 11.7. The van der Waals surface area contributed by atoms with Gasteiger partial charge in [-0.1, -0.05) is 23.8 Å². The molecule has 0 aliphatic rings. The molecular formula is C17H19N3O4S. The van der Waals surface area contributed by atoms with E-state index in [1.807, 2.05) is 32.9 Å². The monoisotopic (exact) mass is 361 g/mol. The van der Waals surface area contributed by atoms with E-state index in [9.17, 15) is 18.5 Å². The molecule has 2 aromatic rings. The highest BCUT2D eigenvalue weighted by Crippen LogP contribution is 2.22. The van der Waals surface area contributed by atoms with Crippen molar-refractivity contribution >= 4 is 21.9 Å². The Kier molecular flexibility index (Phi) is 5.22. The topological polar surface area (TPSA) is 102 Å². The molecule has 0 aliphatic carbocycles. The van der Waals surface area contributed by atoms with Gasteiger partial charge in [0.1, 0.15) is 0 Å². The number of rotatable bonds is 5. The lowest BCUT2D eigenvalue weighted by Crippen LogP contribution is -2.18. The van der Waals surface area contributed by atoms with Crippen molar-refractivity contribution in [2.24, 2.45) is 5.10 Å². The molecule has 0 spiro atoms. The molecule has 0 saturated heterocycles. The summed E-state index contributed by atoms with van der Waals surface area (Å²) in [6.07, 6.45) is 1.43. The Hall–Kier alpha value is -2.74. The molecule has 0 amide bonds. The van der Waals surface area contributed by atoms with Crippen molar-refractivity contribution in [1.29, 1.82) is 0 Å². The van der Waals surface area contributed by atoms with E-state index in [4.69, 9.17) is 0 Å². The summed E-state index contributed by atoms with van der Waals surface area (Å²) in [5.74, 6) is 0. The Morgan fingerprint density at radius 1 is 1.04 bits per heavy atom. The second-order valence-electron chi connectivity index (χ2n) is 5.87. The van der Waals surface area contributed by atoms with Crippen molar-refractivity contribution < 1.29 is 13.3 Å². The number of hydrogen-bond donors (Lipinski definition) is 1. The minimum Gasteiger partial charge on any atom is -0.258 e. The van der Waals surface area contributed by atoms with Crippen molar-refractivity contribution in [1.82, 2.24) is 4.83 Å². The standard InChI is InChI=1S/C17H19N3O4S/c1-11-7-13(3)16(14(4)8-11)10-18-19-25(23,24)15-6-5-12(2)17(9-15)20(21)22/h5-10,19H,1-4H3/b18-10+. The summed E-state index contributed by atoms with van der Waals surface area (Å²) in [6, 6.07) is 7.68. The van der Waals surface area contributed by atoms with Gasteiger partial charge in [-0.15, -0.1) is 0 Å². The second-order valence-corrected chi connectivity index (χ2v) is 7.53. The summed E-state index contributed by atoms with van der Waals surface area (Å²) in [7, 11) is -3.99. The van der Waals surface area contributed by atoms with E-state index >= 15 is 0 Å². The molecule has 0 fully saturated rings. The van der Waals surface area contributed by atoms with Gasteiger partial charge >= 0.3 is 0 Å². The van der Waals surface area contributed by atoms with Crippen molar-refractivity contribution in [3.8, 4) is 0 Å². The third kappa shape index (κ3) is 4.21. The Morgan fingerprint density at radius 3 is 2.20 bits per heavy atom. The van der Waals surface area contributed by atoms with Crippen molar-refractivity contribution in [3.63, 3.8) is 0 Å². The van der Waals surface area contributed by atoms with E-state index in [1.165, 1.54) is 18.3 Å². The van der Waals surface area contributed by atoms with Gasteiger partial charge in [-0.05, 0) is 44.9 Å². The molecule has 0 atom stereocenters. The van der Waals surface area contributed by atoms with Crippen molar-refractivity contribution in [2.75, 3.05) is 0 Å². The number of nitrogens with one attached hydrogen (secondary N) is 1.